The molecular weight excluding hydrogens is 192 g/mol. The van der Waals surface area contributed by atoms with E-state index in [1.54, 1.807) is 11.1 Å². The van der Waals surface area contributed by atoms with E-state index >= 15 is 0 Å². The quantitative estimate of drug-likeness (QED) is 0.373. The molecule has 0 saturated carbocycles. The summed E-state index contributed by atoms with van der Waals surface area (Å²) in [6, 6.07) is 0. The zero-order chi connectivity index (χ0) is 11.8. The van der Waals surface area contributed by atoms with Crippen molar-refractivity contribution in [2.75, 3.05) is 0 Å². The summed E-state index contributed by atoms with van der Waals surface area (Å²) in [6.07, 6.45) is 14.4. The summed E-state index contributed by atoms with van der Waals surface area (Å²) < 4.78 is 0. The summed E-state index contributed by atoms with van der Waals surface area (Å²) in [4.78, 5) is 0. The van der Waals surface area contributed by atoms with Gasteiger partial charge in [-0.3, -0.25) is 0 Å². The van der Waals surface area contributed by atoms with Gasteiger partial charge in [0.15, 0.2) is 0 Å². The monoisotopic (exact) mass is 222 g/mol. The van der Waals surface area contributed by atoms with Crippen molar-refractivity contribution < 1.29 is 0 Å². The number of unbranched alkanes of at least 4 members (excludes halogenated alkanes) is 5. The lowest BCUT2D eigenvalue weighted by Crippen LogP contribution is -2.08. The van der Waals surface area contributed by atoms with E-state index in [1.165, 1.54) is 64.2 Å². The van der Waals surface area contributed by atoms with Gasteiger partial charge in [-0.2, -0.15) is 0 Å². The van der Waals surface area contributed by atoms with Gasteiger partial charge in [0, 0.05) is 0 Å². The highest BCUT2D eigenvalue weighted by atomic mass is 14.2. The standard InChI is InChI=1S/C16H30/c1-4-5-6-7-8-9-10-16-12-11-14(2)15(3)13-16/h16H,4-13H2,1-3H3. The zero-order valence-electron chi connectivity index (χ0n) is 11.6. The Hall–Kier alpha value is -0.260. The van der Waals surface area contributed by atoms with Gasteiger partial charge >= 0.3 is 0 Å². The highest BCUT2D eigenvalue weighted by molar-refractivity contribution is 5.13. The fraction of sp³-hybridized carbons (Fsp3) is 0.875. The maximum atomic E-state index is 2.34. The van der Waals surface area contributed by atoms with Crippen molar-refractivity contribution in [3.05, 3.63) is 11.1 Å². The molecule has 0 amide bonds. The van der Waals surface area contributed by atoms with Crippen LogP contribution in [0.25, 0.3) is 0 Å². The molecule has 0 N–H and O–H groups in total. The predicted octanol–water partition coefficient (Wildman–Crippen LogP) is 5.87. The molecule has 0 saturated heterocycles. The van der Waals surface area contributed by atoms with Gasteiger partial charge in [-0.1, -0.05) is 63.0 Å². The molecule has 0 aromatic carbocycles. The smallest absolute Gasteiger partial charge is 0.0292 e. The van der Waals surface area contributed by atoms with Crippen LogP contribution in [0.5, 0.6) is 0 Å². The number of hydrogen-bond donors (Lipinski definition) is 0. The van der Waals surface area contributed by atoms with Gasteiger partial charge in [0.25, 0.3) is 0 Å². The van der Waals surface area contributed by atoms with Crippen molar-refractivity contribution in [1.29, 1.82) is 0 Å². The Bertz CT molecular complexity index is 212. The molecule has 16 heavy (non-hydrogen) atoms. The molecule has 0 heterocycles. The van der Waals surface area contributed by atoms with Gasteiger partial charge in [0.1, 0.15) is 0 Å². The van der Waals surface area contributed by atoms with Gasteiger partial charge in [0.2, 0.25) is 0 Å². The first-order valence-electron chi connectivity index (χ1n) is 7.39. The molecule has 1 rings (SSSR count). The summed E-state index contributed by atoms with van der Waals surface area (Å²) in [5.74, 6) is 1.01. The molecule has 1 atom stereocenters. The Morgan fingerprint density at radius 2 is 1.62 bits per heavy atom. The van der Waals surface area contributed by atoms with Crippen LogP contribution in [-0.4, -0.2) is 0 Å². The van der Waals surface area contributed by atoms with Gasteiger partial charge in [0.05, 0.1) is 0 Å². The predicted molar refractivity (Wildman–Crippen MR) is 73.7 cm³/mol. The Labute approximate surface area is 103 Å². The van der Waals surface area contributed by atoms with E-state index in [0.717, 1.165) is 5.92 Å². The first-order valence-corrected chi connectivity index (χ1v) is 7.39. The summed E-state index contributed by atoms with van der Waals surface area (Å²) >= 11 is 0. The highest BCUT2D eigenvalue weighted by Crippen LogP contribution is 2.32. The van der Waals surface area contributed by atoms with Gasteiger partial charge < -0.3 is 0 Å². The number of allylic oxidation sites excluding steroid dienone is 2. The molecule has 0 fully saturated rings. The van der Waals surface area contributed by atoms with Crippen LogP contribution in [-0.2, 0) is 0 Å². The van der Waals surface area contributed by atoms with Crippen LogP contribution in [0.3, 0.4) is 0 Å². The van der Waals surface area contributed by atoms with Crippen LogP contribution in [0.15, 0.2) is 11.1 Å². The summed E-state index contributed by atoms with van der Waals surface area (Å²) in [6.45, 7) is 6.94. The maximum Gasteiger partial charge on any atom is -0.0292 e. The van der Waals surface area contributed by atoms with E-state index in [-0.39, 0.29) is 0 Å². The maximum absolute atomic E-state index is 2.34. The van der Waals surface area contributed by atoms with Gasteiger partial charge in [-0.05, 0) is 39.0 Å². The third kappa shape index (κ3) is 5.18. The molecule has 0 spiro atoms. The van der Waals surface area contributed by atoms with E-state index < -0.39 is 0 Å². The van der Waals surface area contributed by atoms with E-state index in [1.807, 2.05) is 0 Å². The van der Waals surface area contributed by atoms with Gasteiger partial charge in [-0.15, -0.1) is 0 Å². The van der Waals surface area contributed by atoms with E-state index in [2.05, 4.69) is 20.8 Å². The van der Waals surface area contributed by atoms with Crippen LogP contribution < -0.4 is 0 Å². The lowest BCUT2D eigenvalue weighted by Gasteiger charge is -2.24. The molecule has 94 valence electrons. The molecule has 0 radical (unpaired) electrons. The molecule has 0 nitrogen and oxygen atoms in total. The topological polar surface area (TPSA) is 0 Å². The zero-order valence-corrected chi connectivity index (χ0v) is 11.6. The average Bonchev–Trinajstić information content (AvgIpc) is 2.28. The van der Waals surface area contributed by atoms with Crippen LogP contribution in [0, 0.1) is 5.92 Å². The lowest BCUT2D eigenvalue weighted by molar-refractivity contribution is 0.402. The van der Waals surface area contributed by atoms with Gasteiger partial charge in [-0.25, -0.2) is 0 Å². The Morgan fingerprint density at radius 1 is 0.938 bits per heavy atom. The average molecular weight is 222 g/mol. The van der Waals surface area contributed by atoms with Crippen molar-refractivity contribution >= 4 is 0 Å². The molecule has 0 aromatic heterocycles. The minimum absolute atomic E-state index is 1.01. The fourth-order valence-electron chi connectivity index (χ4n) is 2.80. The van der Waals surface area contributed by atoms with Crippen LogP contribution in [0.4, 0.5) is 0 Å². The van der Waals surface area contributed by atoms with Crippen molar-refractivity contribution in [3.63, 3.8) is 0 Å². The highest BCUT2D eigenvalue weighted by Gasteiger charge is 2.15. The summed E-state index contributed by atoms with van der Waals surface area (Å²) in [5, 5.41) is 0. The molecule has 0 aromatic rings. The molecule has 1 aliphatic carbocycles. The van der Waals surface area contributed by atoms with Crippen molar-refractivity contribution in [1.82, 2.24) is 0 Å². The summed E-state index contributed by atoms with van der Waals surface area (Å²) in [5.41, 5.74) is 3.35. The minimum Gasteiger partial charge on any atom is -0.0744 e. The second kappa shape index (κ2) is 7.92. The molecular formula is C16H30. The van der Waals surface area contributed by atoms with Crippen molar-refractivity contribution in [2.24, 2.45) is 5.92 Å². The third-order valence-corrected chi connectivity index (χ3v) is 4.22. The minimum atomic E-state index is 1.01. The largest absolute Gasteiger partial charge is 0.0744 e. The van der Waals surface area contributed by atoms with Crippen LogP contribution in [0.1, 0.15) is 85.0 Å². The Morgan fingerprint density at radius 3 is 2.31 bits per heavy atom. The first kappa shape index (κ1) is 13.8. The summed E-state index contributed by atoms with van der Waals surface area (Å²) in [7, 11) is 0. The van der Waals surface area contributed by atoms with E-state index in [4.69, 9.17) is 0 Å². The number of hydrogen-bond acceptors (Lipinski definition) is 0. The molecule has 0 aliphatic heterocycles. The number of rotatable bonds is 7. The van der Waals surface area contributed by atoms with Crippen molar-refractivity contribution in [2.45, 2.75) is 85.0 Å². The Balaban J connectivity index is 2.02. The van der Waals surface area contributed by atoms with Crippen molar-refractivity contribution in [3.8, 4) is 0 Å². The first-order chi connectivity index (χ1) is 7.74. The Kier molecular flexibility index (Phi) is 6.84. The van der Waals surface area contributed by atoms with E-state index in [0.29, 0.717) is 0 Å². The van der Waals surface area contributed by atoms with E-state index in [9.17, 15) is 0 Å². The molecule has 1 aliphatic rings. The molecule has 0 heteroatoms. The normalized spacial score (nSPS) is 21.6. The second-order valence-electron chi connectivity index (χ2n) is 5.73. The SMILES string of the molecule is CCCCCCCCC1CCC(C)=C(C)C1. The van der Waals surface area contributed by atoms with Crippen LogP contribution >= 0.6 is 0 Å². The molecule has 0 bridgehead atoms. The second-order valence-corrected chi connectivity index (χ2v) is 5.73. The molecule has 1 unspecified atom stereocenters. The third-order valence-electron chi connectivity index (χ3n) is 4.22. The lowest BCUT2D eigenvalue weighted by atomic mass is 9.82. The van der Waals surface area contributed by atoms with Crippen LogP contribution in [0.2, 0.25) is 0 Å². The fourth-order valence-corrected chi connectivity index (χ4v) is 2.80.